The average molecular weight is 267 g/mol. The Kier molecular flexibility index (Phi) is 3.73. The molecule has 0 fully saturated rings. The molecule has 2 N–H and O–H groups in total. The van der Waals surface area contributed by atoms with Crippen LogP contribution in [0.4, 0.5) is 0 Å². The molecule has 98 valence electrons. The van der Waals surface area contributed by atoms with Gasteiger partial charge in [0.25, 0.3) is 0 Å². The molecule has 0 aliphatic heterocycles. The van der Waals surface area contributed by atoms with Crippen LogP contribution in [0.25, 0.3) is 11.0 Å². The summed E-state index contributed by atoms with van der Waals surface area (Å²) >= 11 is 0. The van der Waals surface area contributed by atoms with E-state index in [-0.39, 0.29) is 11.8 Å². The number of para-hydroxylation sites is 1. The zero-order chi connectivity index (χ0) is 13.2. The summed E-state index contributed by atoms with van der Waals surface area (Å²) in [7, 11) is -2.91. The zero-order valence-corrected chi connectivity index (χ0v) is 11.1. The van der Waals surface area contributed by atoms with E-state index < -0.39 is 9.84 Å². The first-order valence-corrected chi connectivity index (χ1v) is 7.93. The van der Waals surface area contributed by atoms with Crippen molar-refractivity contribution in [3.8, 4) is 0 Å². The molecular formula is C13H17NO3S. The number of hydrogen-bond acceptors (Lipinski definition) is 4. The Morgan fingerprint density at radius 3 is 2.72 bits per heavy atom. The molecule has 1 atom stereocenters. The summed E-state index contributed by atoms with van der Waals surface area (Å²) < 4.78 is 27.7. The Hall–Kier alpha value is -1.33. The second kappa shape index (κ2) is 5.12. The third-order valence-corrected chi connectivity index (χ3v) is 3.87. The first-order chi connectivity index (χ1) is 8.46. The lowest BCUT2D eigenvalue weighted by Crippen LogP contribution is -2.12. The van der Waals surface area contributed by atoms with Gasteiger partial charge in [-0.25, -0.2) is 8.42 Å². The minimum atomic E-state index is -2.91. The molecule has 1 aromatic heterocycles. The molecule has 0 bridgehead atoms. The van der Waals surface area contributed by atoms with Crippen molar-refractivity contribution in [3.63, 3.8) is 0 Å². The number of sulfone groups is 1. The van der Waals surface area contributed by atoms with Gasteiger partial charge in [0, 0.05) is 17.4 Å². The molecule has 5 heteroatoms. The summed E-state index contributed by atoms with van der Waals surface area (Å²) in [6, 6.07) is 9.37. The monoisotopic (exact) mass is 267 g/mol. The third kappa shape index (κ3) is 3.34. The van der Waals surface area contributed by atoms with Gasteiger partial charge in [0.15, 0.2) is 0 Å². The Morgan fingerprint density at radius 2 is 2.06 bits per heavy atom. The molecule has 4 nitrogen and oxygen atoms in total. The van der Waals surface area contributed by atoms with E-state index in [9.17, 15) is 8.42 Å². The summed E-state index contributed by atoms with van der Waals surface area (Å²) in [6.45, 7) is 0. The molecule has 0 saturated carbocycles. The van der Waals surface area contributed by atoms with Gasteiger partial charge in [-0.2, -0.15) is 0 Å². The van der Waals surface area contributed by atoms with Crippen LogP contribution in [0.1, 0.15) is 24.6 Å². The standard InChI is InChI=1S/C13H17NO3S/c1-18(15,16)8-4-6-11(14)13-9-10-5-2-3-7-12(10)17-13/h2-3,5,7,9,11H,4,6,8,14H2,1H3. The maximum absolute atomic E-state index is 11.0. The molecule has 18 heavy (non-hydrogen) atoms. The zero-order valence-electron chi connectivity index (χ0n) is 10.3. The smallest absolute Gasteiger partial charge is 0.147 e. The molecule has 0 aliphatic rings. The number of nitrogens with two attached hydrogens (primary N) is 1. The van der Waals surface area contributed by atoms with E-state index >= 15 is 0 Å². The van der Waals surface area contributed by atoms with Gasteiger partial charge in [-0.3, -0.25) is 0 Å². The minimum Gasteiger partial charge on any atom is -0.459 e. The van der Waals surface area contributed by atoms with E-state index in [1.807, 2.05) is 30.3 Å². The normalized spacial score (nSPS) is 13.9. The van der Waals surface area contributed by atoms with Crippen LogP contribution in [-0.2, 0) is 9.84 Å². The van der Waals surface area contributed by atoms with Crippen molar-refractivity contribution in [3.05, 3.63) is 36.1 Å². The Bertz CT molecular complexity index is 597. The summed E-state index contributed by atoms with van der Waals surface area (Å²) in [6.07, 6.45) is 2.39. The van der Waals surface area contributed by atoms with E-state index in [1.165, 1.54) is 6.26 Å². The van der Waals surface area contributed by atoms with Crippen molar-refractivity contribution < 1.29 is 12.8 Å². The fraction of sp³-hybridized carbons (Fsp3) is 0.385. The summed E-state index contributed by atoms with van der Waals surface area (Å²) in [4.78, 5) is 0. The lowest BCUT2D eigenvalue weighted by atomic mass is 10.1. The van der Waals surface area contributed by atoms with Crippen molar-refractivity contribution in [2.24, 2.45) is 5.73 Å². The van der Waals surface area contributed by atoms with E-state index in [1.54, 1.807) is 0 Å². The van der Waals surface area contributed by atoms with Crippen LogP contribution in [-0.4, -0.2) is 20.4 Å². The number of benzene rings is 1. The van der Waals surface area contributed by atoms with E-state index in [0.717, 1.165) is 11.0 Å². The van der Waals surface area contributed by atoms with Crippen molar-refractivity contribution in [1.29, 1.82) is 0 Å². The van der Waals surface area contributed by atoms with Gasteiger partial charge < -0.3 is 10.2 Å². The van der Waals surface area contributed by atoms with Crippen LogP contribution in [0.5, 0.6) is 0 Å². The molecule has 2 rings (SSSR count). The second-order valence-corrected chi connectivity index (χ2v) is 6.82. The molecular weight excluding hydrogens is 250 g/mol. The van der Waals surface area contributed by atoms with Gasteiger partial charge in [0.05, 0.1) is 6.04 Å². The van der Waals surface area contributed by atoms with Gasteiger partial charge in [-0.15, -0.1) is 0 Å². The predicted octanol–water partition coefficient (Wildman–Crippen LogP) is 2.26. The lowest BCUT2D eigenvalue weighted by Gasteiger charge is -2.07. The second-order valence-electron chi connectivity index (χ2n) is 4.57. The van der Waals surface area contributed by atoms with E-state index in [2.05, 4.69) is 0 Å². The fourth-order valence-corrected chi connectivity index (χ4v) is 2.58. The van der Waals surface area contributed by atoms with Crippen molar-refractivity contribution in [1.82, 2.24) is 0 Å². The van der Waals surface area contributed by atoms with Crippen molar-refractivity contribution in [2.45, 2.75) is 18.9 Å². The van der Waals surface area contributed by atoms with Gasteiger partial charge in [0.1, 0.15) is 21.2 Å². The predicted molar refractivity (Wildman–Crippen MR) is 72.1 cm³/mol. The quantitative estimate of drug-likeness (QED) is 0.901. The molecule has 0 aliphatic carbocycles. The van der Waals surface area contributed by atoms with Crippen molar-refractivity contribution >= 4 is 20.8 Å². The maximum atomic E-state index is 11.0. The highest BCUT2D eigenvalue weighted by atomic mass is 32.2. The van der Waals surface area contributed by atoms with Crippen molar-refractivity contribution in [2.75, 3.05) is 12.0 Å². The average Bonchev–Trinajstić information content (AvgIpc) is 2.70. The molecule has 0 spiro atoms. The molecule has 1 unspecified atom stereocenters. The third-order valence-electron chi connectivity index (χ3n) is 2.84. The Balaban J connectivity index is 2.02. The number of fused-ring (bicyclic) bond motifs is 1. The molecule has 0 amide bonds. The van der Waals surface area contributed by atoms with Gasteiger partial charge in [-0.1, -0.05) is 18.2 Å². The lowest BCUT2D eigenvalue weighted by molar-refractivity contribution is 0.474. The first-order valence-electron chi connectivity index (χ1n) is 5.87. The van der Waals surface area contributed by atoms with Crippen LogP contribution in [0.15, 0.2) is 34.7 Å². The topological polar surface area (TPSA) is 73.3 Å². The number of hydrogen-bond donors (Lipinski definition) is 1. The molecule has 0 saturated heterocycles. The highest BCUT2D eigenvalue weighted by Gasteiger charge is 2.12. The first kappa shape index (κ1) is 13.1. The summed E-state index contributed by atoms with van der Waals surface area (Å²) in [5.74, 6) is 0.880. The van der Waals surface area contributed by atoms with Crippen LogP contribution < -0.4 is 5.73 Å². The minimum absolute atomic E-state index is 0.168. The fourth-order valence-electron chi connectivity index (χ4n) is 1.89. The Morgan fingerprint density at radius 1 is 1.33 bits per heavy atom. The maximum Gasteiger partial charge on any atom is 0.147 e. The molecule has 1 aromatic carbocycles. The van der Waals surface area contributed by atoms with Gasteiger partial charge in [0.2, 0.25) is 0 Å². The summed E-state index contributed by atoms with van der Waals surface area (Å²) in [5, 5.41) is 1.02. The number of rotatable bonds is 5. The van der Waals surface area contributed by atoms with E-state index in [4.69, 9.17) is 10.2 Å². The molecule has 0 radical (unpaired) electrons. The highest BCUT2D eigenvalue weighted by Crippen LogP contribution is 2.24. The largest absolute Gasteiger partial charge is 0.459 e. The Labute approximate surface area is 107 Å². The molecule has 2 aromatic rings. The van der Waals surface area contributed by atoms with Gasteiger partial charge in [-0.05, 0) is 25.0 Å². The van der Waals surface area contributed by atoms with E-state index in [0.29, 0.717) is 18.6 Å². The summed E-state index contributed by atoms with van der Waals surface area (Å²) in [5.41, 5.74) is 6.81. The van der Waals surface area contributed by atoms with Crippen LogP contribution in [0, 0.1) is 0 Å². The number of furan rings is 1. The molecule has 1 heterocycles. The van der Waals surface area contributed by atoms with Gasteiger partial charge >= 0.3 is 0 Å². The highest BCUT2D eigenvalue weighted by molar-refractivity contribution is 7.90. The van der Waals surface area contributed by atoms with Crippen LogP contribution >= 0.6 is 0 Å². The SMILES string of the molecule is CS(=O)(=O)CCCC(N)c1cc2ccccc2o1. The van der Waals surface area contributed by atoms with Crippen LogP contribution in [0.2, 0.25) is 0 Å². The van der Waals surface area contributed by atoms with Crippen LogP contribution in [0.3, 0.4) is 0 Å².